The number of carbonyl (C=O) groups is 1. The summed E-state index contributed by atoms with van der Waals surface area (Å²) in [6.45, 7) is 3.62. The molecular formula is C11H23N3O. The van der Waals surface area contributed by atoms with E-state index in [2.05, 4.69) is 17.6 Å². The molecule has 1 aliphatic carbocycles. The molecule has 0 bridgehead atoms. The van der Waals surface area contributed by atoms with Crippen LogP contribution in [0.15, 0.2) is 0 Å². The lowest BCUT2D eigenvalue weighted by Gasteiger charge is -2.26. The van der Waals surface area contributed by atoms with Crippen molar-refractivity contribution in [2.75, 3.05) is 13.1 Å². The number of urea groups is 1. The van der Waals surface area contributed by atoms with Crippen LogP contribution in [0.2, 0.25) is 0 Å². The van der Waals surface area contributed by atoms with Gasteiger partial charge in [-0.2, -0.15) is 0 Å². The Morgan fingerprint density at radius 1 is 1.53 bits per heavy atom. The Balaban J connectivity index is 1.92. The van der Waals surface area contributed by atoms with Gasteiger partial charge >= 0.3 is 6.03 Å². The second-order valence-electron chi connectivity index (χ2n) is 4.51. The average Bonchev–Trinajstić information content (AvgIpc) is 2.18. The fourth-order valence-corrected chi connectivity index (χ4v) is 1.56. The van der Waals surface area contributed by atoms with Gasteiger partial charge in [0.2, 0.25) is 0 Å². The summed E-state index contributed by atoms with van der Waals surface area (Å²) in [4.78, 5) is 11.3. The average molecular weight is 213 g/mol. The number of nitrogens with one attached hydrogen (secondary N) is 2. The molecule has 88 valence electrons. The molecule has 0 radical (unpaired) electrons. The van der Waals surface area contributed by atoms with E-state index >= 15 is 0 Å². The summed E-state index contributed by atoms with van der Waals surface area (Å²) < 4.78 is 0. The van der Waals surface area contributed by atoms with Gasteiger partial charge in [-0.25, -0.2) is 4.79 Å². The van der Waals surface area contributed by atoms with Crippen molar-refractivity contribution in [3.63, 3.8) is 0 Å². The first kappa shape index (κ1) is 12.3. The number of amides is 2. The molecule has 4 heteroatoms. The van der Waals surface area contributed by atoms with Crippen molar-refractivity contribution in [2.24, 2.45) is 11.7 Å². The summed E-state index contributed by atoms with van der Waals surface area (Å²) in [7, 11) is 0. The Kier molecular flexibility index (Phi) is 5.47. The van der Waals surface area contributed by atoms with Crippen molar-refractivity contribution in [3.05, 3.63) is 0 Å². The number of hydrogen-bond acceptors (Lipinski definition) is 2. The predicted octanol–water partition coefficient (Wildman–Crippen LogP) is 1.21. The highest BCUT2D eigenvalue weighted by molar-refractivity contribution is 5.74. The predicted molar refractivity (Wildman–Crippen MR) is 61.6 cm³/mol. The lowest BCUT2D eigenvalue weighted by Crippen LogP contribution is -2.45. The van der Waals surface area contributed by atoms with E-state index < -0.39 is 0 Å². The molecule has 0 spiro atoms. The van der Waals surface area contributed by atoms with Crippen molar-refractivity contribution in [2.45, 2.75) is 45.1 Å². The van der Waals surface area contributed by atoms with Gasteiger partial charge in [0.25, 0.3) is 0 Å². The standard InChI is InChI=1S/C11H23N3O/c1-9(8-12)4-3-7-13-11(15)14-10-5-2-6-10/h9-10H,2-8,12H2,1H3,(H2,13,14,15). The summed E-state index contributed by atoms with van der Waals surface area (Å²) in [6.07, 6.45) is 5.62. The molecule has 0 aromatic heterocycles. The molecule has 0 aromatic carbocycles. The first-order valence-electron chi connectivity index (χ1n) is 5.96. The highest BCUT2D eigenvalue weighted by Gasteiger charge is 2.18. The summed E-state index contributed by atoms with van der Waals surface area (Å²) in [5.74, 6) is 0.557. The van der Waals surface area contributed by atoms with E-state index in [1.54, 1.807) is 0 Å². The Morgan fingerprint density at radius 3 is 2.80 bits per heavy atom. The molecule has 15 heavy (non-hydrogen) atoms. The molecule has 1 saturated carbocycles. The SMILES string of the molecule is CC(CN)CCCNC(=O)NC1CCC1. The third-order valence-corrected chi connectivity index (χ3v) is 3.00. The second kappa shape index (κ2) is 6.67. The molecule has 4 nitrogen and oxygen atoms in total. The molecule has 1 aliphatic rings. The molecule has 1 atom stereocenters. The van der Waals surface area contributed by atoms with Gasteiger partial charge in [0.15, 0.2) is 0 Å². The van der Waals surface area contributed by atoms with Gasteiger partial charge in [0.1, 0.15) is 0 Å². The summed E-state index contributed by atoms with van der Waals surface area (Å²) in [6, 6.07) is 0.410. The van der Waals surface area contributed by atoms with E-state index in [1.807, 2.05) is 0 Å². The van der Waals surface area contributed by atoms with E-state index in [0.29, 0.717) is 12.0 Å². The Bertz CT molecular complexity index is 192. The first-order chi connectivity index (χ1) is 7.22. The van der Waals surface area contributed by atoms with Crippen LogP contribution in [0.25, 0.3) is 0 Å². The molecular weight excluding hydrogens is 190 g/mol. The molecule has 4 N–H and O–H groups in total. The largest absolute Gasteiger partial charge is 0.338 e. The molecule has 1 fully saturated rings. The smallest absolute Gasteiger partial charge is 0.315 e. The summed E-state index contributed by atoms with van der Waals surface area (Å²) >= 11 is 0. The minimum Gasteiger partial charge on any atom is -0.338 e. The first-order valence-corrected chi connectivity index (χ1v) is 5.96. The highest BCUT2D eigenvalue weighted by Crippen LogP contribution is 2.17. The second-order valence-corrected chi connectivity index (χ2v) is 4.51. The van der Waals surface area contributed by atoms with E-state index in [4.69, 9.17) is 5.73 Å². The van der Waals surface area contributed by atoms with E-state index in [-0.39, 0.29) is 6.03 Å². The zero-order chi connectivity index (χ0) is 11.1. The fraction of sp³-hybridized carbons (Fsp3) is 0.909. The van der Waals surface area contributed by atoms with Crippen LogP contribution >= 0.6 is 0 Å². The highest BCUT2D eigenvalue weighted by atomic mass is 16.2. The van der Waals surface area contributed by atoms with E-state index in [1.165, 1.54) is 6.42 Å². The van der Waals surface area contributed by atoms with Crippen molar-refractivity contribution in [1.29, 1.82) is 0 Å². The fourth-order valence-electron chi connectivity index (χ4n) is 1.56. The van der Waals surface area contributed by atoms with Crippen LogP contribution in [0.5, 0.6) is 0 Å². The quantitative estimate of drug-likeness (QED) is 0.581. The van der Waals surface area contributed by atoms with E-state index in [9.17, 15) is 4.79 Å². The third-order valence-electron chi connectivity index (χ3n) is 3.00. The van der Waals surface area contributed by atoms with Gasteiger partial charge < -0.3 is 16.4 Å². The van der Waals surface area contributed by atoms with Crippen LogP contribution < -0.4 is 16.4 Å². The van der Waals surface area contributed by atoms with Crippen molar-refractivity contribution in [3.8, 4) is 0 Å². The van der Waals surface area contributed by atoms with E-state index in [0.717, 1.165) is 38.8 Å². The number of carbonyl (C=O) groups excluding carboxylic acids is 1. The zero-order valence-electron chi connectivity index (χ0n) is 9.59. The lowest BCUT2D eigenvalue weighted by atomic mass is 9.93. The van der Waals surface area contributed by atoms with Gasteiger partial charge in [-0.3, -0.25) is 0 Å². The Labute approximate surface area is 92.0 Å². The van der Waals surface area contributed by atoms with Crippen LogP contribution in [0.3, 0.4) is 0 Å². The molecule has 1 rings (SSSR count). The minimum absolute atomic E-state index is 0.0138. The maximum absolute atomic E-state index is 11.3. The van der Waals surface area contributed by atoms with Crippen LogP contribution in [-0.2, 0) is 0 Å². The summed E-state index contributed by atoms with van der Waals surface area (Å²) in [5, 5.41) is 5.81. The van der Waals surface area contributed by atoms with Gasteiger partial charge in [-0.1, -0.05) is 6.92 Å². The minimum atomic E-state index is -0.0138. The number of hydrogen-bond donors (Lipinski definition) is 3. The molecule has 0 aliphatic heterocycles. The molecule has 0 aromatic rings. The summed E-state index contributed by atoms with van der Waals surface area (Å²) in [5.41, 5.74) is 5.51. The Hall–Kier alpha value is -0.770. The van der Waals surface area contributed by atoms with Gasteiger partial charge in [0, 0.05) is 12.6 Å². The van der Waals surface area contributed by atoms with Crippen LogP contribution in [0.4, 0.5) is 4.79 Å². The van der Waals surface area contributed by atoms with Gasteiger partial charge in [-0.15, -0.1) is 0 Å². The molecule has 0 saturated heterocycles. The number of nitrogens with two attached hydrogens (primary N) is 1. The maximum atomic E-state index is 11.3. The van der Waals surface area contributed by atoms with Crippen molar-refractivity contribution >= 4 is 6.03 Å². The topological polar surface area (TPSA) is 67.1 Å². The van der Waals surface area contributed by atoms with Crippen molar-refractivity contribution in [1.82, 2.24) is 10.6 Å². The van der Waals surface area contributed by atoms with Gasteiger partial charge in [0.05, 0.1) is 0 Å². The monoisotopic (exact) mass is 213 g/mol. The normalized spacial score (nSPS) is 18.0. The van der Waals surface area contributed by atoms with Crippen LogP contribution in [0.1, 0.15) is 39.0 Å². The number of rotatable bonds is 6. The molecule has 2 amide bonds. The Morgan fingerprint density at radius 2 is 2.27 bits per heavy atom. The third kappa shape index (κ3) is 5.02. The maximum Gasteiger partial charge on any atom is 0.315 e. The van der Waals surface area contributed by atoms with Crippen LogP contribution in [-0.4, -0.2) is 25.2 Å². The molecule has 1 unspecified atom stereocenters. The van der Waals surface area contributed by atoms with Gasteiger partial charge in [-0.05, 0) is 44.6 Å². The zero-order valence-corrected chi connectivity index (χ0v) is 9.59. The van der Waals surface area contributed by atoms with Crippen LogP contribution in [0, 0.1) is 5.92 Å². The van der Waals surface area contributed by atoms with Crippen molar-refractivity contribution < 1.29 is 4.79 Å². The lowest BCUT2D eigenvalue weighted by molar-refractivity contribution is 0.228. The molecule has 0 heterocycles.